The Kier molecular flexibility index (Phi) is 6.02. The molecule has 1 N–H and O–H groups in total. The fraction of sp³-hybridized carbons (Fsp3) is 0.714. The number of amides is 1. The lowest BCUT2D eigenvalue weighted by molar-refractivity contribution is -0.134. The van der Waals surface area contributed by atoms with Crippen LogP contribution < -0.4 is 5.32 Å². The Morgan fingerprint density at radius 1 is 1.45 bits per heavy atom. The molecule has 1 saturated heterocycles. The predicted molar refractivity (Wildman–Crippen MR) is 80.2 cm³/mol. The summed E-state index contributed by atoms with van der Waals surface area (Å²) in [5.74, 6) is 1.05. The van der Waals surface area contributed by atoms with Gasteiger partial charge < -0.3 is 14.7 Å². The third-order valence-electron chi connectivity index (χ3n) is 4.12. The summed E-state index contributed by atoms with van der Waals surface area (Å²) in [6, 6.07) is 0.614. The number of halogens is 1. The molecule has 0 aromatic carbocycles. The molecule has 2 rings (SSSR count). The summed E-state index contributed by atoms with van der Waals surface area (Å²) in [5.41, 5.74) is 1.97. The number of piperazine rings is 1. The quantitative estimate of drug-likeness (QED) is 0.926. The molecule has 2 heterocycles. The van der Waals surface area contributed by atoms with Gasteiger partial charge >= 0.3 is 0 Å². The summed E-state index contributed by atoms with van der Waals surface area (Å²) >= 11 is 0. The molecule has 0 radical (unpaired) electrons. The van der Waals surface area contributed by atoms with E-state index in [1.165, 1.54) is 0 Å². The van der Waals surface area contributed by atoms with Crippen molar-refractivity contribution in [1.82, 2.24) is 15.4 Å². The maximum absolute atomic E-state index is 12.3. The molecule has 1 amide bonds. The highest BCUT2D eigenvalue weighted by molar-refractivity contribution is 5.85. The number of hydrogen-bond acceptors (Lipinski definition) is 4. The van der Waals surface area contributed by atoms with Gasteiger partial charge in [0, 0.05) is 37.2 Å². The molecule has 20 heavy (non-hydrogen) atoms. The number of carbonyl (C=O) groups excluding carboxylic acids is 1. The average molecular weight is 302 g/mol. The molecule has 1 fully saturated rings. The van der Waals surface area contributed by atoms with E-state index in [4.69, 9.17) is 4.52 Å². The van der Waals surface area contributed by atoms with Crippen molar-refractivity contribution in [3.63, 3.8) is 0 Å². The van der Waals surface area contributed by atoms with Crippen molar-refractivity contribution in [3.05, 3.63) is 17.0 Å². The van der Waals surface area contributed by atoms with Crippen LogP contribution in [0, 0.1) is 13.8 Å². The molecular weight excluding hydrogens is 278 g/mol. The highest BCUT2D eigenvalue weighted by Crippen LogP contribution is 2.16. The second kappa shape index (κ2) is 7.09. The summed E-state index contributed by atoms with van der Waals surface area (Å²) in [7, 11) is 0. The molecule has 6 heteroatoms. The van der Waals surface area contributed by atoms with Crippen LogP contribution >= 0.6 is 12.4 Å². The van der Waals surface area contributed by atoms with E-state index in [9.17, 15) is 4.79 Å². The Hall–Kier alpha value is -1.07. The first-order chi connectivity index (χ1) is 9.00. The molecule has 0 bridgehead atoms. The fourth-order valence-electron chi connectivity index (χ4n) is 2.64. The summed E-state index contributed by atoms with van der Waals surface area (Å²) in [6.07, 6.45) is 1.24. The molecule has 2 unspecified atom stereocenters. The van der Waals surface area contributed by atoms with Gasteiger partial charge in [0.25, 0.3) is 0 Å². The average Bonchev–Trinajstić information content (AvgIpc) is 2.70. The molecular formula is C14H24ClN3O2. The van der Waals surface area contributed by atoms with E-state index < -0.39 is 0 Å². The van der Waals surface area contributed by atoms with Gasteiger partial charge in [0.15, 0.2) is 0 Å². The van der Waals surface area contributed by atoms with Crippen LogP contribution in [0.5, 0.6) is 0 Å². The number of carbonyl (C=O) groups is 1. The second-order valence-corrected chi connectivity index (χ2v) is 5.37. The Morgan fingerprint density at radius 3 is 2.75 bits per heavy atom. The van der Waals surface area contributed by atoms with Crippen molar-refractivity contribution in [2.24, 2.45) is 0 Å². The normalized spacial score (nSPS) is 22.5. The van der Waals surface area contributed by atoms with Crippen LogP contribution in [0.15, 0.2) is 4.52 Å². The minimum atomic E-state index is 0. The topological polar surface area (TPSA) is 58.4 Å². The standard InChI is InChI=1S/C14H23N3O2.ClH/c1-9-11(3)17(8-7-15-9)14(18)6-5-13-10(2)16-19-12(13)4;/h9,11,15H,5-8H2,1-4H3;1H. The van der Waals surface area contributed by atoms with Crippen LogP contribution in [0.25, 0.3) is 0 Å². The number of aromatic nitrogens is 1. The Balaban J connectivity index is 0.00000200. The molecule has 1 aromatic heterocycles. The molecule has 2 atom stereocenters. The smallest absolute Gasteiger partial charge is 0.223 e. The summed E-state index contributed by atoms with van der Waals surface area (Å²) in [6.45, 7) is 9.72. The number of aryl methyl sites for hydroxylation is 2. The first kappa shape index (κ1) is 17.0. The third-order valence-corrected chi connectivity index (χ3v) is 4.12. The maximum atomic E-state index is 12.3. The van der Waals surface area contributed by atoms with E-state index in [0.29, 0.717) is 18.9 Å². The van der Waals surface area contributed by atoms with Gasteiger partial charge in [0.1, 0.15) is 5.76 Å². The van der Waals surface area contributed by atoms with E-state index >= 15 is 0 Å². The van der Waals surface area contributed by atoms with E-state index in [0.717, 1.165) is 30.1 Å². The Bertz CT molecular complexity index is 442. The highest BCUT2D eigenvalue weighted by atomic mass is 35.5. The lowest BCUT2D eigenvalue weighted by atomic mass is 10.0. The Morgan fingerprint density at radius 2 is 2.15 bits per heavy atom. The zero-order valence-electron chi connectivity index (χ0n) is 12.6. The van der Waals surface area contributed by atoms with Gasteiger partial charge in [-0.2, -0.15) is 0 Å². The zero-order chi connectivity index (χ0) is 14.0. The van der Waals surface area contributed by atoms with Crippen molar-refractivity contribution >= 4 is 18.3 Å². The van der Waals surface area contributed by atoms with Crippen LogP contribution in [0.2, 0.25) is 0 Å². The summed E-state index contributed by atoms with van der Waals surface area (Å²) < 4.78 is 5.13. The van der Waals surface area contributed by atoms with Gasteiger partial charge in [-0.3, -0.25) is 4.79 Å². The number of nitrogens with one attached hydrogen (secondary N) is 1. The minimum absolute atomic E-state index is 0. The van der Waals surface area contributed by atoms with Crippen LogP contribution in [0.4, 0.5) is 0 Å². The molecule has 1 aliphatic heterocycles. The first-order valence-corrected chi connectivity index (χ1v) is 6.95. The first-order valence-electron chi connectivity index (χ1n) is 6.95. The molecule has 0 spiro atoms. The van der Waals surface area contributed by atoms with E-state index in [-0.39, 0.29) is 24.4 Å². The van der Waals surface area contributed by atoms with Gasteiger partial charge in [-0.1, -0.05) is 5.16 Å². The van der Waals surface area contributed by atoms with Crippen molar-refractivity contribution < 1.29 is 9.32 Å². The van der Waals surface area contributed by atoms with E-state index in [1.54, 1.807) is 0 Å². The van der Waals surface area contributed by atoms with Gasteiger partial charge in [0.05, 0.1) is 5.69 Å². The summed E-state index contributed by atoms with van der Waals surface area (Å²) in [4.78, 5) is 14.3. The molecule has 5 nitrogen and oxygen atoms in total. The molecule has 0 saturated carbocycles. The Labute approximate surface area is 126 Å². The van der Waals surface area contributed by atoms with Crippen molar-refractivity contribution in [1.29, 1.82) is 0 Å². The van der Waals surface area contributed by atoms with Gasteiger partial charge in [-0.15, -0.1) is 12.4 Å². The maximum Gasteiger partial charge on any atom is 0.223 e. The molecule has 1 aliphatic rings. The lowest BCUT2D eigenvalue weighted by Gasteiger charge is -2.38. The van der Waals surface area contributed by atoms with Crippen LogP contribution in [0.1, 0.15) is 37.3 Å². The third kappa shape index (κ3) is 3.52. The van der Waals surface area contributed by atoms with Crippen LogP contribution in [-0.4, -0.2) is 41.1 Å². The van der Waals surface area contributed by atoms with Gasteiger partial charge in [-0.05, 0) is 34.1 Å². The number of nitrogens with zero attached hydrogens (tertiary/aromatic N) is 2. The number of rotatable bonds is 3. The SMILES string of the molecule is Cc1noc(C)c1CCC(=O)N1CCNC(C)C1C.Cl. The van der Waals surface area contributed by atoms with Gasteiger partial charge in [-0.25, -0.2) is 0 Å². The fourth-order valence-corrected chi connectivity index (χ4v) is 2.64. The van der Waals surface area contributed by atoms with Crippen molar-refractivity contribution in [2.45, 2.75) is 52.6 Å². The van der Waals surface area contributed by atoms with Crippen molar-refractivity contribution in [3.8, 4) is 0 Å². The van der Waals surface area contributed by atoms with Crippen LogP contribution in [-0.2, 0) is 11.2 Å². The van der Waals surface area contributed by atoms with E-state index in [2.05, 4.69) is 24.3 Å². The predicted octanol–water partition coefficient (Wildman–Crippen LogP) is 1.85. The highest BCUT2D eigenvalue weighted by Gasteiger charge is 2.27. The monoisotopic (exact) mass is 301 g/mol. The summed E-state index contributed by atoms with van der Waals surface area (Å²) in [5, 5.41) is 7.31. The van der Waals surface area contributed by atoms with Gasteiger partial charge in [0.2, 0.25) is 5.91 Å². The van der Waals surface area contributed by atoms with Crippen molar-refractivity contribution in [2.75, 3.05) is 13.1 Å². The molecule has 0 aliphatic carbocycles. The van der Waals surface area contributed by atoms with E-state index in [1.807, 2.05) is 18.7 Å². The largest absolute Gasteiger partial charge is 0.361 e. The lowest BCUT2D eigenvalue weighted by Crippen LogP contribution is -2.57. The second-order valence-electron chi connectivity index (χ2n) is 5.37. The minimum Gasteiger partial charge on any atom is -0.361 e. The zero-order valence-corrected chi connectivity index (χ0v) is 13.4. The molecule has 1 aromatic rings. The molecule has 114 valence electrons. The number of hydrogen-bond donors (Lipinski definition) is 1. The van der Waals surface area contributed by atoms with Crippen LogP contribution in [0.3, 0.4) is 0 Å².